The van der Waals surface area contributed by atoms with Gasteiger partial charge in [-0.2, -0.15) is 0 Å². The van der Waals surface area contributed by atoms with E-state index in [0.717, 1.165) is 24.3 Å². The van der Waals surface area contributed by atoms with Gasteiger partial charge in [0.2, 0.25) is 0 Å². The summed E-state index contributed by atoms with van der Waals surface area (Å²) in [5.41, 5.74) is -0.142. The third kappa shape index (κ3) is 5.40. The zero-order chi connectivity index (χ0) is 18.4. The van der Waals surface area contributed by atoms with Crippen molar-refractivity contribution in [3.8, 4) is 0 Å². The summed E-state index contributed by atoms with van der Waals surface area (Å²) in [6, 6.07) is 4.00. The molecule has 1 heterocycles. The maximum Gasteiger partial charge on any atom is 0.314 e. The number of amides is 1. The van der Waals surface area contributed by atoms with E-state index in [1.807, 2.05) is 0 Å². The van der Waals surface area contributed by atoms with Crippen molar-refractivity contribution in [3.05, 3.63) is 33.3 Å². The van der Waals surface area contributed by atoms with Gasteiger partial charge in [-0.1, -0.05) is 11.6 Å². The Hall–Kier alpha value is -2.19. The molecular weight excluding hydrogens is 350 g/mol. The Kier molecular flexibility index (Phi) is 6.72. The van der Waals surface area contributed by atoms with Crippen molar-refractivity contribution in [2.75, 3.05) is 31.6 Å². The van der Waals surface area contributed by atoms with Crippen molar-refractivity contribution in [3.63, 3.8) is 0 Å². The number of benzene rings is 1. The number of piperidine rings is 1. The van der Waals surface area contributed by atoms with E-state index >= 15 is 0 Å². The molecule has 2 rings (SSSR count). The fourth-order valence-electron chi connectivity index (χ4n) is 2.96. The standard InChI is InChI=1S/C16H20ClN3O5/c1-2-25-16(22)11-4-3-7-19(9-11)10-15(21)18-13-8-12(17)5-6-14(13)20(23)24/h5-6,8,11H,2-4,7,9-10H2,1H3,(H,18,21)/p+1/t11-/m1/s1. The predicted molar refractivity (Wildman–Crippen MR) is 91.7 cm³/mol. The number of hydrogen-bond donors (Lipinski definition) is 2. The summed E-state index contributed by atoms with van der Waals surface area (Å²) < 4.78 is 5.04. The molecule has 8 nitrogen and oxygen atoms in total. The molecule has 1 saturated heterocycles. The summed E-state index contributed by atoms with van der Waals surface area (Å²) >= 11 is 5.85. The number of halogens is 1. The van der Waals surface area contributed by atoms with Crippen molar-refractivity contribution in [2.45, 2.75) is 19.8 Å². The van der Waals surface area contributed by atoms with Crippen LogP contribution in [0.15, 0.2) is 18.2 Å². The van der Waals surface area contributed by atoms with Gasteiger partial charge in [0.25, 0.3) is 11.6 Å². The normalized spacial score (nSPS) is 19.9. The van der Waals surface area contributed by atoms with E-state index in [2.05, 4.69) is 5.32 Å². The number of nitrogens with zero attached hydrogens (tertiary/aromatic N) is 1. The molecule has 0 aromatic heterocycles. The monoisotopic (exact) mass is 370 g/mol. The SMILES string of the molecule is CCOC(=O)[C@@H]1CCC[NH+](CC(=O)Nc2cc(Cl)ccc2[N+](=O)[O-])C1. The average Bonchev–Trinajstić information content (AvgIpc) is 2.55. The van der Waals surface area contributed by atoms with Crippen LogP contribution in [0.25, 0.3) is 0 Å². The minimum atomic E-state index is -0.573. The summed E-state index contributed by atoms with van der Waals surface area (Å²) in [5, 5.41) is 13.9. The maximum atomic E-state index is 12.3. The summed E-state index contributed by atoms with van der Waals surface area (Å²) in [4.78, 5) is 35.5. The molecule has 1 aromatic carbocycles. The molecule has 25 heavy (non-hydrogen) atoms. The Bertz CT molecular complexity index is 667. The first-order chi connectivity index (χ1) is 11.9. The zero-order valence-corrected chi connectivity index (χ0v) is 14.7. The molecule has 1 fully saturated rings. The number of likely N-dealkylation sites (tertiary alicyclic amines) is 1. The minimum Gasteiger partial charge on any atom is -0.466 e. The number of nitro groups is 1. The van der Waals surface area contributed by atoms with Crippen LogP contribution in [-0.2, 0) is 14.3 Å². The number of carbonyl (C=O) groups is 2. The van der Waals surface area contributed by atoms with Gasteiger partial charge in [-0.05, 0) is 31.9 Å². The largest absolute Gasteiger partial charge is 0.466 e. The lowest BCUT2D eigenvalue weighted by atomic mass is 9.98. The van der Waals surface area contributed by atoms with Crippen LogP contribution in [0.1, 0.15) is 19.8 Å². The molecule has 0 saturated carbocycles. The quantitative estimate of drug-likeness (QED) is 0.442. The number of nitrogens with one attached hydrogen (secondary N) is 2. The Labute approximate surface area is 150 Å². The number of carbonyl (C=O) groups excluding carboxylic acids is 2. The maximum absolute atomic E-state index is 12.3. The van der Waals surface area contributed by atoms with Crippen molar-refractivity contribution >= 4 is 34.9 Å². The molecule has 1 aliphatic rings. The zero-order valence-electron chi connectivity index (χ0n) is 13.9. The van der Waals surface area contributed by atoms with Crippen molar-refractivity contribution in [1.29, 1.82) is 0 Å². The molecule has 1 unspecified atom stereocenters. The number of esters is 1. The van der Waals surface area contributed by atoms with E-state index in [-0.39, 0.29) is 35.7 Å². The first-order valence-electron chi connectivity index (χ1n) is 8.14. The minimum absolute atomic E-state index is 0.0702. The molecule has 2 N–H and O–H groups in total. The third-order valence-electron chi connectivity index (χ3n) is 4.08. The summed E-state index contributed by atoms with van der Waals surface area (Å²) in [6.07, 6.45) is 1.58. The van der Waals surface area contributed by atoms with Gasteiger partial charge in [-0.15, -0.1) is 0 Å². The molecule has 1 amide bonds. The van der Waals surface area contributed by atoms with E-state index in [1.165, 1.54) is 18.2 Å². The number of rotatable bonds is 6. The molecule has 1 aliphatic heterocycles. The Morgan fingerprint density at radius 1 is 1.48 bits per heavy atom. The van der Waals surface area contributed by atoms with Gasteiger partial charge >= 0.3 is 5.97 Å². The second-order valence-corrected chi connectivity index (χ2v) is 6.38. The molecule has 2 atom stereocenters. The predicted octanol–water partition coefficient (Wildman–Crippen LogP) is 1.04. The summed E-state index contributed by atoms with van der Waals surface area (Å²) in [7, 11) is 0. The van der Waals surface area contributed by atoms with Crippen LogP contribution in [0.3, 0.4) is 0 Å². The van der Waals surface area contributed by atoms with E-state index in [0.29, 0.717) is 18.2 Å². The average molecular weight is 371 g/mol. The van der Waals surface area contributed by atoms with Gasteiger partial charge in [0.05, 0.1) is 24.6 Å². The van der Waals surface area contributed by atoms with Gasteiger partial charge in [0.1, 0.15) is 11.6 Å². The lowest BCUT2D eigenvalue weighted by Gasteiger charge is -2.28. The highest BCUT2D eigenvalue weighted by Gasteiger charge is 2.31. The lowest BCUT2D eigenvalue weighted by molar-refractivity contribution is -0.899. The highest BCUT2D eigenvalue weighted by Crippen LogP contribution is 2.27. The van der Waals surface area contributed by atoms with Gasteiger partial charge < -0.3 is 15.0 Å². The van der Waals surface area contributed by atoms with Gasteiger partial charge in [-0.25, -0.2) is 0 Å². The molecule has 1 aromatic rings. The number of nitro benzene ring substituents is 1. The van der Waals surface area contributed by atoms with Crippen LogP contribution >= 0.6 is 11.6 Å². The topological polar surface area (TPSA) is 103 Å². The first-order valence-corrected chi connectivity index (χ1v) is 8.52. The van der Waals surface area contributed by atoms with Crippen LogP contribution in [0.5, 0.6) is 0 Å². The fourth-order valence-corrected chi connectivity index (χ4v) is 3.13. The Balaban J connectivity index is 1.97. The molecule has 136 valence electrons. The van der Waals surface area contributed by atoms with E-state index in [4.69, 9.17) is 16.3 Å². The van der Waals surface area contributed by atoms with Gasteiger partial charge in [0.15, 0.2) is 6.54 Å². The van der Waals surface area contributed by atoms with Crippen molar-refractivity contribution in [1.82, 2.24) is 0 Å². The Morgan fingerprint density at radius 2 is 2.24 bits per heavy atom. The number of ether oxygens (including phenoxy) is 1. The third-order valence-corrected chi connectivity index (χ3v) is 4.31. The number of hydrogen-bond acceptors (Lipinski definition) is 5. The summed E-state index contributed by atoms with van der Waals surface area (Å²) in [5.74, 6) is -0.799. The smallest absolute Gasteiger partial charge is 0.314 e. The van der Waals surface area contributed by atoms with Crippen LogP contribution < -0.4 is 10.2 Å². The highest BCUT2D eigenvalue weighted by atomic mass is 35.5. The highest BCUT2D eigenvalue weighted by molar-refractivity contribution is 6.31. The fraction of sp³-hybridized carbons (Fsp3) is 0.500. The Morgan fingerprint density at radius 3 is 2.92 bits per heavy atom. The van der Waals surface area contributed by atoms with Gasteiger partial charge in [0, 0.05) is 11.1 Å². The van der Waals surface area contributed by atoms with E-state index in [1.54, 1.807) is 6.92 Å². The lowest BCUT2D eigenvalue weighted by Crippen LogP contribution is -3.14. The van der Waals surface area contributed by atoms with Crippen molar-refractivity contribution in [2.24, 2.45) is 5.92 Å². The van der Waals surface area contributed by atoms with Gasteiger partial charge in [-0.3, -0.25) is 19.7 Å². The van der Waals surface area contributed by atoms with E-state index < -0.39 is 4.92 Å². The van der Waals surface area contributed by atoms with Crippen LogP contribution in [0, 0.1) is 16.0 Å². The molecule has 0 radical (unpaired) electrons. The first kappa shape index (κ1) is 19.1. The molecule has 0 spiro atoms. The van der Waals surface area contributed by atoms with Crippen molar-refractivity contribution < 1.29 is 24.1 Å². The number of anilines is 1. The van der Waals surface area contributed by atoms with E-state index in [9.17, 15) is 19.7 Å². The number of quaternary nitrogens is 1. The second kappa shape index (κ2) is 8.77. The van der Waals surface area contributed by atoms with Crippen LogP contribution in [0.2, 0.25) is 5.02 Å². The summed E-state index contributed by atoms with van der Waals surface area (Å²) in [6.45, 7) is 3.50. The molecular formula is C16H21ClN3O5+. The molecule has 9 heteroatoms. The van der Waals surface area contributed by atoms with Crippen LogP contribution in [0.4, 0.5) is 11.4 Å². The molecule has 0 aliphatic carbocycles. The second-order valence-electron chi connectivity index (χ2n) is 5.94. The molecule has 0 bridgehead atoms. The van der Waals surface area contributed by atoms with Crippen LogP contribution in [-0.4, -0.2) is 43.0 Å².